The van der Waals surface area contributed by atoms with E-state index in [-0.39, 0.29) is 12.3 Å². The normalized spacial score (nSPS) is 11.4. The van der Waals surface area contributed by atoms with Crippen LogP contribution in [0.25, 0.3) is 0 Å². The van der Waals surface area contributed by atoms with E-state index in [1.165, 1.54) is 13.1 Å². The van der Waals surface area contributed by atoms with Crippen molar-refractivity contribution in [2.24, 2.45) is 5.73 Å². The van der Waals surface area contributed by atoms with E-state index in [1.807, 2.05) is 6.92 Å². The van der Waals surface area contributed by atoms with E-state index < -0.39 is 17.9 Å². The molecule has 1 atom stereocenters. The van der Waals surface area contributed by atoms with Crippen molar-refractivity contribution in [2.45, 2.75) is 39.8 Å². The second-order valence-electron chi connectivity index (χ2n) is 6.14. The molecule has 0 aliphatic heterocycles. The lowest BCUT2D eigenvalue weighted by Crippen LogP contribution is -2.38. The molecule has 148 valence electrons. The Hall–Kier alpha value is -3.26. The summed E-state index contributed by atoms with van der Waals surface area (Å²) < 4.78 is 0. The van der Waals surface area contributed by atoms with Crippen molar-refractivity contribution in [1.29, 1.82) is 0 Å². The fourth-order valence-electron chi connectivity index (χ4n) is 2.47. The highest BCUT2D eigenvalue weighted by atomic mass is 17.2. The Morgan fingerprint density at radius 1 is 1.18 bits per heavy atom. The number of ketones is 1. The second kappa shape index (κ2) is 9.61. The van der Waals surface area contributed by atoms with Crippen molar-refractivity contribution in [1.82, 2.24) is 10.3 Å². The average Bonchev–Trinajstić information content (AvgIpc) is 2.71. The van der Waals surface area contributed by atoms with Gasteiger partial charge in [-0.2, -0.15) is 0 Å². The number of aromatic nitrogens is 1. The van der Waals surface area contributed by atoms with Gasteiger partial charge in [-0.15, -0.1) is 0 Å². The molecule has 1 aromatic heterocycles. The highest BCUT2D eigenvalue weighted by Crippen LogP contribution is 2.22. The molecule has 0 radical (unpaired) electrons. The van der Waals surface area contributed by atoms with Crippen LogP contribution in [0.4, 0.5) is 0 Å². The summed E-state index contributed by atoms with van der Waals surface area (Å²) in [7, 11) is 0. The summed E-state index contributed by atoms with van der Waals surface area (Å²) in [5, 5.41) is 2.66. The minimum Gasteiger partial charge on any atom is -0.342 e. The third kappa shape index (κ3) is 5.37. The van der Waals surface area contributed by atoms with Crippen LogP contribution in [0.5, 0.6) is 5.75 Å². The SMILES string of the molecule is CCc1cc(C(=O)[C@H](C)NC(=O)c2ccc(CN)nc2)ccc1OOC(C)=O. The van der Waals surface area contributed by atoms with Gasteiger partial charge in [0.05, 0.1) is 17.3 Å². The first-order valence-corrected chi connectivity index (χ1v) is 8.83. The fraction of sp³-hybridized carbons (Fsp3) is 0.300. The van der Waals surface area contributed by atoms with Gasteiger partial charge < -0.3 is 11.1 Å². The largest absolute Gasteiger partial charge is 0.352 e. The summed E-state index contributed by atoms with van der Waals surface area (Å²) in [6.45, 7) is 5.00. The molecule has 28 heavy (non-hydrogen) atoms. The van der Waals surface area contributed by atoms with E-state index in [0.717, 1.165) is 0 Å². The van der Waals surface area contributed by atoms with Gasteiger partial charge in [0.25, 0.3) is 5.91 Å². The number of benzene rings is 1. The summed E-state index contributed by atoms with van der Waals surface area (Å²) in [5.74, 6) is -0.874. The number of nitrogens with zero attached hydrogens (tertiary/aromatic N) is 1. The van der Waals surface area contributed by atoms with Gasteiger partial charge in [0.1, 0.15) is 0 Å². The second-order valence-corrected chi connectivity index (χ2v) is 6.14. The topological polar surface area (TPSA) is 121 Å². The molecule has 0 saturated heterocycles. The van der Waals surface area contributed by atoms with E-state index in [1.54, 1.807) is 37.3 Å². The van der Waals surface area contributed by atoms with E-state index in [9.17, 15) is 14.4 Å². The Kier molecular flexibility index (Phi) is 7.22. The number of amides is 1. The Morgan fingerprint density at radius 2 is 1.89 bits per heavy atom. The standard InChI is InChI=1S/C20H23N3O5/c1-4-14-9-15(6-8-18(14)28-27-13(3)24)19(25)12(2)23-20(26)16-5-7-17(10-21)22-11-16/h5-9,11-12H,4,10,21H2,1-3H3,(H,23,26)/t12-/m0/s1. The van der Waals surface area contributed by atoms with Crippen molar-refractivity contribution in [3.8, 4) is 5.75 Å². The van der Waals surface area contributed by atoms with Gasteiger partial charge in [0.15, 0.2) is 11.5 Å². The first-order chi connectivity index (χ1) is 13.3. The first kappa shape index (κ1) is 21.0. The van der Waals surface area contributed by atoms with Gasteiger partial charge in [0, 0.05) is 25.2 Å². The van der Waals surface area contributed by atoms with Crippen molar-refractivity contribution >= 4 is 17.7 Å². The maximum Gasteiger partial charge on any atom is 0.352 e. The van der Waals surface area contributed by atoms with E-state index in [2.05, 4.69) is 15.2 Å². The molecule has 3 N–H and O–H groups in total. The number of nitrogens with two attached hydrogens (primary N) is 1. The number of hydrogen-bond donors (Lipinski definition) is 2. The van der Waals surface area contributed by atoms with Crippen LogP contribution in [0.3, 0.4) is 0 Å². The van der Waals surface area contributed by atoms with Gasteiger partial charge in [-0.1, -0.05) is 6.92 Å². The molecule has 0 aliphatic rings. The molecule has 0 bridgehead atoms. The summed E-state index contributed by atoms with van der Waals surface area (Å²) >= 11 is 0. The quantitative estimate of drug-likeness (QED) is 0.405. The molecule has 2 rings (SSSR count). The van der Waals surface area contributed by atoms with E-state index in [4.69, 9.17) is 10.6 Å². The number of carbonyl (C=O) groups excluding carboxylic acids is 3. The van der Waals surface area contributed by atoms with Gasteiger partial charge in [-0.3, -0.25) is 24.3 Å². The zero-order valence-corrected chi connectivity index (χ0v) is 16.0. The third-order valence-electron chi connectivity index (χ3n) is 4.01. The molecule has 0 fully saturated rings. The predicted molar refractivity (Wildman–Crippen MR) is 102 cm³/mol. The van der Waals surface area contributed by atoms with Crippen molar-refractivity contribution in [2.75, 3.05) is 0 Å². The minimum absolute atomic E-state index is 0.256. The van der Waals surface area contributed by atoms with E-state index >= 15 is 0 Å². The maximum atomic E-state index is 12.7. The summed E-state index contributed by atoms with van der Waals surface area (Å²) in [6.07, 6.45) is 1.99. The number of pyridine rings is 1. The summed E-state index contributed by atoms with van der Waals surface area (Å²) in [6, 6.07) is 7.29. The molecule has 8 nitrogen and oxygen atoms in total. The van der Waals surface area contributed by atoms with Gasteiger partial charge >= 0.3 is 5.97 Å². The average molecular weight is 385 g/mol. The van der Waals surface area contributed by atoms with Crippen LogP contribution >= 0.6 is 0 Å². The molecular weight excluding hydrogens is 362 g/mol. The minimum atomic E-state index is -0.744. The number of nitrogens with one attached hydrogen (secondary N) is 1. The number of Topliss-reactive ketones (excluding diaryl/α,β-unsaturated/α-hetero) is 1. The van der Waals surface area contributed by atoms with Gasteiger partial charge in [-0.05, 0) is 49.2 Å². The predicted octanol–water partition coefficient (Wildman–Crippen LogP) is 1.96. The van der Waals surface area contributed by atoms with Gasteiger partial charge in [-0.25, -0.2) is 4.79 Å². The van der Waals surface area contributed by atoms with Crippen molar-refractivity contribution < 1.29 is 24.2 Å². The van der Waals surface area contributed by atoms with Crippen LogP contribution in [0.15, 0.2) is 36.5 Å². The Labute approximate surface area is 163 Å². The highest BCUT2D eigenvalue weighted by Gasteiger charge is 2.20. The first-order valence-electron chi connectivity index (χ1n) is 8.83. The Morgan fingerprint density at radius 3 is 2.46 bits per heavy atom. The van der Waals surface area contributed by atoms with E-state index in [0.29, 0.717) is 34.6 Å². The van der Waals surface area contributed by atoms with Crippen LogP contribution in [-0.4, -0.2) is 28.7 Å². The number of aryl methyl sites for hydroxylation is 1. The lowest BCUT2D eigenvalue weighted by atomic mass is 10.0. The molecule has 8 heteroatoms. The van der Waals surface area contributed by atoms with Crippen LogP contribution < -0.4 is 15.9 Å². The lowest BCUT2D eigenvalue weighted by molar-refractivity contribution is -0.211. The maximum absolute atomic E-state index is 12.7. The molecule has 2 aromatic rings. The van der Waals surface area contributed by atoms with Crippen LogP contribution in [0.1, 0.15) is 52.7 Å². The Bertz CT molecular complexity index is 865. The molecule has 0 aliphatic carbocycles. The lowest BCUT2D eigenvalue weighted by Gasteiger charge is -2.14. The Balaban J connectivity index is 2.08. The summed E-state index contributed by atoms with van der Waals surface area (Å²) in [5.41, 5.74) is 7.62. The molecule has 1 heterocycles. The van der Waals surface area contributed by atoms with Crippen LogP contribution in [0, 0.1) is 0 Å². The molecule has 0 saturated carbocycles. The van der Waals surface area contributed by atoms with Crippen molar-refractivity contribution in [3.63, 3.8) is 0 Å². The summed E-state index contributed by atoms with van der Waals surface area (Å²) in [4.78, 5) is 49.5. The fourth-order valence-corrected chi connectivity index (χ4v) is 2.47. The molecular formula is C20H23N3O5. The van der Waals surface area contributed by atoms with Crippen LogP contribution in [-0.2, 0) is 22.6 Å². The monoisotopic (exact) mass is 385 g/mol. The van der Waals surface area contributed by atoms with Crippen LogP contribution in [0.2, 0.25) is 0 Å². The number of carbonyl (C=O) groups is 3. The van der Waals surface area contributed by atoms with Crippen molar-refractivity contribution in [3.05, 3.63) is 58.9 Å². The molecule has 0 unspecified atom stereocenters. The smallest absolute Gasteiger partial charge is 0.342 e. The molecule has 1 amide bonds. The highest BCUT2D eigenvalue weighted by molar-refractivity contribution is 6.04. The third-order valence-corrected chi connectivity index (χ3v) is 4.01. The number of hydrogen-bond acceptors (Lipinski definition) is 7. The zero-order valence-electron chi connectivity index (χ0n) is 16.0. The van der Waals surface area contributed by atoms with Gasteiger partial charge in [0.2, 0.25) is 0 Å². The molecule has 0 spiro atoms. The molecule has 1 aromatic carbocycles. The number of rotatable bonds is 8. The zero-order chi connectivity index (χ0) is 20.7.